The summed E-state index contributed by atoms with van der Waals surface area (Å²) in [6, 6.07) is 6.46. The molecule has 0 aliphatic heterocycles. The van der Waals surface area contributed by atoms with Gasteiger partial charge in [0.2, 0.25) is 0 Å². The molecule has 1 atom stereocenters. The highest BCUT2D eigenvalue weighted by Gasteiger charge is 2.21. The van der Waals surface area contributed by atoms with Crippen molar-refractivity contribution in [3.8, 4) is 5.75 Å². The molecule has 1 aromatic rings. The normalized spacial score (nSPS) is 11.5. The number of nitrogens with one attached hydrogen (secondary N) is 1. The Morgan fingerprint density at radius 3 is 2.37 bits per heavy atom. The Morgan fingerprint density at radius 2 is 1.89 bits per heavy atom. The highest BCUT2D eigenvalue weighted by Crippen LogP contribution is 2.17. The summed E-state index contributed by atoms with van der Waals surface area (Å²) in [7, 11) is 1.58. The monoisotopic (exact) mass is 265 g/mol. The number of carbonyl (C=O) groups excluding carboxylic acids is 2. The van der Waals surface area contributed by atoms with Crippen molar-refractivity contribution in [3.05, 3.63) is 24.3 Å². The van der Waals surface area contributed by atoms with Crippen LogP contribution >= 0.6 is 0 Å². The van der Waals surface area contributed by atoms with E-state index in [1.165, 1.54) is 6.92 Å². The van der Waals surface area contributed by atoms with Crippen LogP contribution in [-0.2, 0) is 14.3 Å². The van der Waals surface area contributed by atoms with Gasteiger partial charge in [-0.1, -0.05) is 0 Å². The van der Waals surface area contributed by atoms with Crippen LogP contribution in [0.5, 0.6) is 5.75 Å². The number of rotatable bonds is 7. The maximum absolute atomic E-state index is 11.7. The summed E-state index contributed by atoms with van der Waals surface area (Å²) >= 11 is 0. The second-order valence-corrected chi connectivity index (χ2v) is 4.08. The molecule has 0 radical (unpaired) electrons. The number of ketones is 1. The third kappa shape index (κ3) is 4.99. The van der Waals surface area contributed by atoms with Crippen LogP contribution < -0.4 is 10.1 Å². The Morgan fingerprint density at radius 1 is 1.26 bits per heavy atom. The van der Waals surface area contributed by atoms with E-state index < -0.39 is 12.0 Å². The molecule has 0 fully saturated rings. The fourth-order valence-corrected chi connectivity index (χ4v) is 1.61. The molecule has 0 heterocycles. The van der Waals surface area contributed by atoms with Crippen LogP contribution in [0, 0.1) is 0 Å². The maximum atomic E-state index is 11.7. The minimum atomic E-state index is -0.661. The number of methoxy groups -OCH3 is 1. The van der Waals surface area contributed by atoms with Gasteiger partial charge in [0.15, 0.2) is 0 Å². The van der Waals surface area contributed by atoms with Gasteiger partial charge in [0.05, 0.1) is 13.7 Å². The Hall–Kier alpha value is -2.04. The lowest BCUT2D eigenvalue weighted by molar-refractivity contribution is -0.145. The van der Waals surface area contributed by atoms with Crippen LogP contribution in [0.3, 0.4) is 0 Å². The first kappa shape index (κ1) is 15.0. The Bertz CT molecular complexity index is 428. The Balaban J connectivity index is 2.74. The molecule has 0 aliphatic rings. The van der Waals surface area contributed by atoms with Crippen LogP contribution in [0.4, 0.5) is 5.69 Å². The number of carbonyl (C=O) groups is 2. The van der Waals surface area contributed by atoms with Gasteiger partial charge in [-0.15, -0.1) is 0 Å². The van der Waals surface area contributed by atoms with E-state index in [1.807, 2.05) is 0 Å². The van der Waals surface area contributed by atoms with Gasteiger partial charge in [-0.3, -0.25) is 4.79 Å². The van der Waals surface area contributed by atoms with Crippen molar-refractivity contribution in [1.82, 2.24) is 0 Å². The SMILES string of the molecule is CCOC(=O)[C@@H](CC(C)=O)Nc1ccc(OC)cc1. The number of hydrogen-bond acceptors (Lipinski definition) is 5. The largest absolute Gasteiger partial charge is 0.497 e. The second-order valence-electron chi connectivity index (χ2n) is 4.08. The van der Waals surface area contributed by atoms with Crippen LogP contribution in [0.1, 0.15) is 20.3 Å². The minimum Gasteiger partial charge on any atom is -0.497 e. The first-order valence-electron chi connectivity index (χ1n) is 6.13. The van der Waals surface area contributed by atoms with Gasteiger partial charge in [0.1, 0.15) is 17.6 Å². The van der Waals surface area contributed by atoms with E-state index in [0.717, 1.165) is 11.4 Å². The van der Waals surface area contributed by atoms with Crippen molar-refractivity contribution in [2.45, 2.75) is 26.3 Å². The number of ether oxygens (including phenoxy) is 2. The second kappa shape index (κ2) is 7.41. The summed E-state index contributed by atoms with van der Waals surface area (Å²) in [5, 5.41) is 3.00. The quantitative estimate of drug-likeness (QED) is 0.764. The Labute approximate surface area is 112 Å². The predicted octanol–water partition coefficient (Wildman–Crippen LogP) is 2.02. The zero-order valence-corrected chi connectivity index (χ0v) is 11.4. The number of anilines is 1. The molecule has 1 rings (SSSR count). The molecule has 19 heavy (non-hydrogen) atoms. The summed E-state index contributed by atoms with van der Waals surface area (Å²) in [4.78, 5) is 22.9. The Kier molecular flexibility index (Phi) is 5.85. The standard InChI is InChI=1S/C14H19NO4/c1-4-19-14(17)13(9-10(2)16)15-11-5-7-12(18-3)8-6-11/h5-8,13,15H,4,9H2,1-3H3/t13-/m1/s1. The summed E-state index contributed by atoms with van der Waals surface area (Å²) in [6.45, 7) is 3.47. The molecule has 0 aromatic heterocycles. The van der Waals surface area contributed by atoms with E-state index in [2.05, 4.69) is 5.32 Å². The number of esters is 1. The van der Waals surface area contributed by atoms with Crippen molar-refractivity contribution >= 4 is 17.4 Å². The van der Waals surface area contributed by atoms with Crippen molar-refractivity contribution in [2.75, 3.05) is 19.0 Å². The lowest BCUT2D eigenvalue weighted by atomic mass is 10.1. The summed E-state index contributed by atoms with van der Waals surface area (Å²) in [5.74, 6) is 0.234. The van der Waals surface area contributed by atoms with Crippen molar-refractivity contribution in [2.24, 2.45) is 0 Å². The highest BCUT2D eigenvalue weighted by atomic mass is 16.5. The van der Waals surface area contributed by atoms with Gasteiger partial charge < -0.3 is 14.8 Å². The molecule has 0 spiro atoms. The highest BCUT2D eigenvalue weighted by molar-refractivity contribution is 5.87. The molecular formula is C14H19NO4. The number of Topliss-reactive ketones (excluding diaryl/α,β-unsaturated/α-hetero) is 1. The average molecular weight is 265 g/mol. The molecule has 0 amide bonds. The fourth-order valence-electron chi connectivity index (χ4n) is 1.61. The molecule has 104 valence electrons. The van der Waals surface area contributed by atoms with Gasteiger partial charge in [-0.05, 0) is 38.1 Å². The molecule has 1 N–H and O–H groups in total. The van der Waals surface area contributed by atoms with Crippen molar-refractivity contribution < 1.29 is 19.1 Å². The minimum absolute atomic E-state index is 0.0703. The van der Waals surface area contributed by atoms with Gasteiger partial charge >= 0.3 is 5.97 Å². The lowest BCUT2D eigenvalue weighted by Crippen LogP contribution is -2.33. The zero-order chi connectivity index (χ0) is 14.3. The molecule has 0 unspecified atom stereocenters. The number of benzene rings is 1. The number of hydrogen-bond donors (Lipinski definition) is 1. The third-order valence-electron chi connectivity index (χ3n) is 2.49. The van der Waals surface area contributed by atoms with E-state index >= 15 is 0 Å². The molecule has 5 nitrogen and oxygen atoms in total. The van der Waals surface area contributed by atoms with Crippen molar-refractivity contribution in [1.29, 1.82) is 0 Å². The molecule has 0 saturated heterocycles. The van der Waals surface area contributed by atoms with Gasteiger partial charge in [0.25, 0.3) is 0 Å². The van der Waals surface area contributed by atoms with Gasteiger partial charge in [0, 0.05) is 12.1 Å². The first-order valence-corrected chi connectivity index (χ1v) is 6.13. The average Bonchev–Trinajstić information content (AvgIpc) is 2.38. The summed E-state index contributed by atoms with van der Waals surface area (Å²) in [5.41, 5.74) is 0.736. The van der Waals surface area contributed by atoms with E-state index in [4.69, 9.17) is 9.47 Å². The molecule has 0 aliphatic carbocycles. The lowest BCUT2D eigenvalue weighted by Gasteiger charge is -2.17. The third-order valence-corrected chi connectivity index (χ3v) is 2.49. The first-order chi connectivity index (χ1) is 9.06. The van der Waals surface area contributed by atoms with E-state index in [9.17, 15) is 9.59 Å². The van der Waals surface area contributed by atoms with E-state index in [-0.39, 0.29) is 18.8 Å². The van der Waals surface area contributed by atoms with E-state index in [1.54, 1.807) is 38.3 Å². The van der Waals surface area contributed by atoms with Crippen LogP contribution in [0.15, 0.2) is 24.3 Å². The van der Waals surface area contributed by atoms with Gasteiger partial charge in [-0.2, -0.15) is 0 Å². The van der Waals surface area contributed by atoms with Gasteiger partial charge in [-0.25, -0.2) is 4.79 Å². The maximum Gasteiger partial charge on any atom is 0.329 e. The molecule has 1 aromatic carbocycles. The summed E-state index contributed by atoms with van der Waals surface area (Å²) in [6.07, 6.45) is 0.102. The zero-order valence-electron chi connectivity index (χ0n) is 11.4. The molecule has 0 bridgehead atoms. The van der Waals surface area contributed by atoms with E-state index in [0.29, 0.717) is 0 Å². The fraction of sp³-hybridized carbons (Fsp3) is 0.429. The summed E-state index contributed by atoms with van der Waals surface area (Å²) < 4.78 is 9.99. The molecular weight excluding hydrogens is 246 g/mol. The van der Waals surface area contributed by atoms with Crippen LogP contribution in [0.25, 0.3) is 0 Å². The van der Waals surface area contributed by atoms with Crippen molar-refractivity contribution in [3.63, 3.8) is 0 Å². The molecule has 5 heteroatoms. The smallest absolute Gasteiger partial charge is 0.329 e. The van der Waals surface area contributed by atoms with Crippen LogP contribution in [-0.4, -0.2) is 31.5 Å². The predicted molar refractivity (Wildman–Crippen MR) is 72.3 cm³/mol. The van der Waals surface area contributed by atoms with Crippen LogP contribution in [0.2, 0.25) is 0 Å². The molecule has 0 saturated carbocycles. The topological polar surface area (TPSA) is 64.6 Å².